The lowest BCUT2D eigenvalue weighted by molar-refractivity contribution is 0.359. The molecule has 0 amide bonds. The van der Waals surface area contributed by atoms with Gasteiger partial charge in [0.1, 0.15) is 0 Å². The summed E-state index contributed by atoms with van der Waals surface area (Å²) in [5.41, 5.74) is 2.41. The second-order valence-electron chi connectivity index (χ2n) is 6.31. The molecule has 0 aliphatic heterocycles. The van der Waals surface area contributed by atoms with Crippen LogP contribution in [0, 0.1) is 11.8 Å². The first-order valence-corrected chi connectivity index (χ1v) is 7.92. The summed E-state index contributed by atoms with van der Waals surface area (Å²) in [7, 11) is 0. The van der Waals surface area contributed by atoms with Gasteiger partial charge in [0.15, 0.2) is 0 Å². The van der Waals surface area contributed by atoms with Crippen LogP contribution in [0.4, 0.5) is 5.69 Å². The van der Waals surface area contributed by atoms with Crippen LogP contribution in [0.15, 0.2) is 70.9 Å². The largest absolute Gasteiger partial charge is 0.184 e. The van der Waals surface area contributed by atoms with Gasteiger partial charge >= 0.3 is 0 Å². The summed E-state index contributed by atoms with van der Waals surface area (Å²) in [6, 6.07) is 21.4. The van der Waals surface area contributed by atoms with Crippen LogP contribution in [-0.2, 0) is 0 Å². The van der Waals surface area contributed by atoms with Crippen LogP contribution in [0.25, 0.3) is 0 Å². The van der Waals surface area contributed by atoms with Crippen LogP contribution < -0.4 is 0 Å². The van der Waals surface area contributed by atoms with Gasteiger partial charge in [-0.2, -0.15) is 10.2 Å². The third-order valence-corrected chi connectivity index (χ3v) is 5.12. The van der Waals surface area contributed by atoms with E-state index in [1.54, 1.807) is 0 Å². The number of hydrogen-bond donors (Lipinski definition) is 0. The quantitative estimate of drug-likeness (QED) is 0.675. The topological polar surface area (TPSA) is 24.7 Å². The fraction of sp³-hybridized carbons (Fsp3) is 0.368. The van der Waals surface area contributed by atoms with Crippen LogP contribution in [-0.4, -0.2) is 6.04 Å². The van der Waals surface area contributed by atoms with Crippen molar-refractivity contribution in [3.8, 4) is 0 Å². The molecule has 2 nitrogen and oxygen atoms in total. The minimum absolute atomic E-state index is 0.367. The Morgan fingerprint density at radius 3 is 2.19 bits per heavy atom. The van der Waals surface area contributed by atoms with Gasteiger partial charge < -0.3 is 0 Å². The number of azo groups is 1. The van der Waals surface area contributed by atoms with Crippen LogP contribution in [0.5, 0.6) is 0 Å². The maximum absolute atomic E-state index is 4.76. The van der Waals surface area contributed by atoms with Crippen molar-refractivity contribution in [2.24, 2.45) is 22.1 Å². The molecule has 2 unspecified atom stereocenters. The molecule has 0 spiro atoms. The standard InChI is InChI=1S/C19H20N2/c1-3-7-14(8-4-1)18-15-11-12-16(13-15)19(18)21-20-17-9-5-2-6-10-17/h1-10,15-16,18-19H,11-13H2/t15-,16+,18?,19?/m1/s1. The van der Waals surface area contributed by atoms with Gasteiger partial charge in [0.2, 0.25) is 0 Å². The molecule has 4 atom stereocenters. The fourth-order valence-corrected chi connectivity index (χ4v) is 4.20. The smallest absolute Gasteiger partial charge is 0.0852 e. The Balaban J connectivity index is 1.62. The normalized spacial score (nSPS) is 31.0. The summed E-state index contributed by atoms with van der Waals surface area (Å²) >= 11 is 0. The van der Waals surface area contributed by atoms with Crippen LogP contribution in [0.1, 0.15) is 30.7 Å². The number of benzene rings is 2. The Hall–Kier alpha value is -1.96. The van der Waals surface area contributed by atoms with Crippen LogP contribution >= 0.6 is 0 Å². The molecule has 2 aliphatic carbocycles. The van der Waals surface area contributed by atoms with Crippen molar-refractivity contribution in [1.82, 2.24) is 0 Å². The Labute approximate surface area is 125 Å². The van der Waals surface area contributed by atoms with Crippen molar-refractivity contribution >= 4 is 5.69 Å². The maximum Gasteiger partial charge on any atom is 0.0852 e. The molecule has 106 valence electrons. The van der Waals surface area contributed by atoms with E-state index >= 15 is 0 Å². The van der Waals surface area contributed by atoms with Gasteiger partial charge in [-0.15, -0.1) is 0 Å². The highest BCUT2D eigenvalue weighted by Crippen LogP contribution is 2.54. The van der Waals surface area contributed by atoms with Gasteiger partial charge in [0, 0.05) is 5.92 Å². The zero-order valence-corrected chi connectivity index (χ0v) is 12.1. The highest BCUT2D eigenvalue weighted by Gasteiger charge is 2.48. The fourth-order valence-electron chi connectivity index (χ4n) is 4.20. The van der Waals surface area contributed by atoms with E-state index in [4.69, 9.17) is 5.11 Å². The summed E-state index contributed by atoms with van der Waals surface area (Å²) in [5, 5.41) is 9.27. The van der Waals surface area contributed by atoms with E-state index in [2.05, 4.69) is 35.4 Å². The summed E-state index contributed by atoms with van der Waals surface area (Å²) < 4.78 is 0. The predicted molar refractivity (Wildman–Crippen MR) is 84.8 cm³/mol. The SMILES string of the molecule is c1ccc(N=NC2C(c3ccccc3)[C@@H]3CC[C@H]2C3)cc1. The van der Waals surface area contributed by atoms with Gasteiger partial charge in [-0.1, -0.05) is 48.5 Å². The van der Waals surface area contributed by atoms with E-state index < -0.39 is 0 Å². The van der Waals surface area contributed by atoms with E-state index in [1.165, 1.54) is 24.8 Å². The van der Waals surface area contributed by atoms with E-state index in [1.807, 2.05) is 30.3 Å². The van der Waals surface area contributed by atoms with E-state index in [9.17, 15) is 0 Å². The highest BCUT2D eigenvalue weighted by molar-refractivity contribution is 5.35. The minimum atomic E-state index is 0.367. The first kappa shape index (κ1) is 12.8. The molecule has 2 aromatic carbocycles. The monoisotopic (exact) mass is 276 g/mol. The summed E-state index contributed by atoms with van der Waals surface area (Å²) in [6.07, 6.45) is 4.02. The number of hydrogen-bond acceptors (Lipinski definition) is 2. The number of fused-ring (bicyclic) bond motifs is 2. The Morgan fingerprint density at radius 2 is 1.43 bits per heavy atom. The molecule has 4 rings (SSSR count). The van der Waals surface area contributed by atoms with Gasteiger partial charge in [0.25, 0.3) is 0 Å². The molecule has 21 heavy (non-hydrogen) atoms. The molecule has 0 heterocycles. The molecule has 2 aromatic rings. The van der Waals surface area contributed by atoms with E-state index in [0.717, 1.165) is 17.5 Å². The molecular weight excluding hydrogens is 256 g/mol. The van der Waals surface area contributed by atoms with Crippen LogP contribution in [0.3, 0.4) is 0 Å². The summed E-state index contributed by atoms with van der Waals surface area (Å²) in [6.45, 7) is 0. The van der Waals surface area contributed by atoms with Crippen molar-refractivity contribution in [3.05, 3.63) is 66.2 Å². The molecule has 2 bridgehead atoms. The highest BCUT2D eigenvalue weighted by atomic mass is 15.1. The maximum atomic E-state index is 4.76. The Morgan fingerprint density at radius 1 is 0.762 bits per heavy atom. The molecule has 2 saturated carbocycles. The van der Waals surface area contributed by atoms with Crippen molar-refractivity contribution in [2.75, 3.05) is 0 Å². The molecule has 2 aliphatic rings. The van der Waals surface area contributed by atoms with Gasteiger partial charge in [-0.25, -0.2) is 0 Å². The molecule has 0 saturated heterocycles. The van der Waals surface area contributed by atoms with Crippen molar-refractivity contribution < 1.29 is 0 Å². The van der Waals surface area contributed by atoms with Gasteiger partial charge in [0.05, 0.1) is 11.7 Å². The first-order valence-electron chi connectivity index (χ1n) is 7.92. The van der Waals surface area contributed by atoms with Gasteiger partial charge in [-0.05, 0) is 48.8 Å². The summed E-state index contributed by atoms with van der Waals surface area (Å²) in [5.74, 6) is 2.10. The molecule has 2 fully saturated rings. The molecule has 2 heteroatoms. The van der Waals surface area contributed by atoms with Crippen molar-refractivity contribution in [3.63, 3.8) is 0 Å². The number of rotatable bonds is 3. The molecule has 0 radical (unpaired) electrons. The minimum Gasteiger partial charge on any atom is -0.184 e. The Bertz CT molecular complexity index is 621. The molecule has 0 aromatic heterocycles. The van der Waals surface area contributed by atoms with Gasteiger partial charge in [-0.3, -0.25) is 0 Å². The first-order chi connectivity index (χ1) is 10.4. The average molecular weight is 276 g/mol. The lowest BCUT2D eigenvalue weighted by Gasteiger charge is -2.27. The molecule has 0 N–H and O–H groups in total. The lowest BCUT2D eigenvalue weighted by Crippen LogP contribution is -2.23. The second kappa shape index (κ2) is 5.44. The number of nitrogens with zero attached hydrogens (tertiary/aromatic N) is 2. The van der Waals surface area contributed by atoms with E-state index in [-0.39, 0.29) is 0 Å². The zero-order valence-electron chi connectivity index (χ0n) is 12.1. The van der Waals surface area contributed by atoms with E-state index in [0.29, 0.717) is 12.0 Å². The third-order valence-electron chi connectivity index (χ3n) is 5.12. The van der Waals surface area contributed by atoms with Crippen LogP contribution in [0.2, 0.25) is 0 Å². The predicted octanol–water partition coefficient (Wildman–Crippen LogP) is 5.35. The zero-order chi connectivity index (χ0) is 14.1. The van der Waals surface area contributed by atoms with Crippen molar-refractivity contribution in [1.29, 1.82) is 0 Å². The molecular formula is C19H20N2. The lowest BCUT2D eigenvalue weighted by atomic mass is 9.80. The second-order valence-corrected chi connectivity index (χ2v) is 6.31. The van der Waals surface area contributed by atoms with Crippen molar-refractivity contribution in [2.45, 2.75) is 31.2 Å². The Kier molecular flexibility index (Phi) is 3.30. The average Bonchev–Trinajstić information content (AvgIpc) is 3.16. The summed E-state index contributed by atoms with van der Waals surface area (Å²) in [4.78, 5) is 0. The third kappa shape index (κ3) is 2.39.